The first-order chi connectivity index (χ1) is 8.64. The normalized spacial score (nSPS) is 28.6. The standard InChI is InChI=1S/C15H32N2O2/c1-8-18-13(10(2)3)12(17-16)11-9-14(4,5)19-15(11,6)7/h10-13,17H,8-9,16H2,1-7H3. The van der Waals surface area contributed by atoms with Gasteiger partial charge in [0.1, 0.15) is 0 Å². The van der Waals surface area contributed by atoms with Crippen LogP contribution in [0.1, 0.15) is 54.9 Å². The van der Waals surface area contributed by atoms with Crippen molar-refractivity contribution in [1.29, 1.82) is 0 Å². The van der Waals surface area contributed by atoms with E-state index in [9.17, 15) is 0 Å². The zero-order chi connectivity index (χ0) is 14.8. The van der Waals surface area contributed by atoms with Crippen molar-refractivity contribution in [3.8, 4) is 0 Å². The Balaban J connectivity index is 2.95. The van der Waals surface area contributed by atoms with E-state index in [1.165, 1.54) is 0 Å². The largest absolute Gasteiger partial charge is 0.377 e. The average molecular weight is 272 g/mol. The first kappa shape index (κ1) is 16.9. The van der Waals surface area contributed by atoms with E-state index < -0.39 is 0 Å². The van der Waals surface area contributed by atoms with Crippen LogP contribution in [0.3, 0.4) is 0 Å². The summed E-state index contributed by atoms with van der Waals surface area (Å²) in [5, 5.41) is 0. The molecule has 0 amide bonds. The van der Waals surface area contributed by atoms with Gasteiger partial charge in [-0.15, -0.1) is 0 Å². The highest BCUT2D eigenvalue weighted by Crippen LogP contribution is 2.44. The highest BCUT2D eigenvalue weighted by Gasteiger charge is 2.51. The summed E-state index contributed by atoms with van der Waals surface area (Å²) in [7, 11) is 0. The van der Waals surface area contributed by atoms with Crippen LogP contribution in [0.4, 0.5) is 0 Å². The van der Waals surface area contributed by atoms with Gasteiger partial charge in [-0.2, -0.15) is 0 Å². The number of nitrogens with two attached hydrogens (primary N) is 1. The van der Waals surface area contributed by atoms with E-state index in [1.807, 2.05) is 6.92 Å². The molecule has 0 radical (unpaired) electrons. The first-order valence-corrected chi connectivity index (χ1v) is 7.42. The summed E-state index contributed by atoms with van der Waals surface area (Å²) in [4.78, 5) is 0. The molecule has 4 nitrogen and oxygen atoms in total. The number of ether oxygens (including phenoxy) is 2. The van der Waals surface area contributed by atoms with Gasteiger partial charge in [-0.1, -0.05) is 13.8 Å². The number of nitrogens with one attached hydrogen (secondary N) is 1. The average Bonchev–Trinajstić information content (AvgIpc) is 2.46. The lowest BCUT2D eigenvalue weighted by atomic mass is 9.77. The minimum Gasteiger partial charge on any atom is -0.377 e. The van der Waals surface area contributed by atoms with Gasteiger partial charge in [0.15, 0.2) is 0 Å². The highest BCUT2D eigenvalue weighted by atomic mass is 16.5. The topological polar surface area (TPSA) is 56.5 Å². The molecule has 3 atom stereocenters. The van der Waals surface area contributed by atoms with Crippen LogP contribution in [0, 0.1) is 11.8 Å². The van der Waals surface area contributed by atoms with Gasteiger partial charge in [-0.05, 0) is 47.0 Å². The fourth-order valence-corrected chi connectivity index (χ4v) is 3.51. The minimum atomic E-state index is -0.190. The van der Waals surface area contributed by atoms with Gasteiger partial charge in [-0.25, -0.2) is 0 Å². The molecule has 4 heteroatoms. The van der Waals surface area contributed by atoms with E-state index in [-0.39, 0.29) is 23.3 Å². The lowest BCUT2D eigenvalue weighted by Gasteiger charge is -2.38. The minimum absolute atomic E-state index is 0.100. The Labute approximate surface area is 118 Å². The first-order valence-electron chi connectivity index (χ1n) is 7.42. The molecule has 1 aliphatic rings. The third-order valence-corrected chi connectivity index (χ3v) is 4.14. The van der Waals surface area contributed by atoms with E-state index >= 15 is 0 Å². The van der Waals surface area contributed by atoms with Crippen LogP contribution in [-0.4, -0.2) is 30.0 Å². The Bertz CT molecular complexity index is 290. The van der Waals surface area contributed by atoms with Crippen LogP contribution in [0.25, 0.3) is 0 Å². The number of hydrogen-bond acceptors (Lipinski definition) is 4. The molecule has 0 saturated carbocycles. The summed E-state index contributed by atoms with van der Waals surface area (Å²) in [6.45, 7) is 15.7. The molecule has 0 spiro atoms. The number of hydrogen-bond donors (Lipinski definition) is 2. The molecule has 1 aliphatic heterocycles. The second-order valence-electron chi connectivity index (χ2n) is 7.13. The number of rotatable bonds is 6. The number of hydrazine groups is 1. The molecule has 19 heavy (non-hydrogen) atoms. The fraction of sp³-hybridized carbons (Fsp3) is 1.00. The van der Waals surface area contributed by atoms with Crippen LogP contribution >= 0.6 is 0 Å². The Hall–Kier alpha value is -0.160. The van der Waals surface area contributed by atoms with Crippen molar-refractivity contribution in [3.63, 3.8) is 0 Å². The molecule has 1 fully saturated rings. The van der Waals surface area contributed by atoms with Gasteiger partial charge in [0.05, 0.1) is 23.3 Å². The van der Waals surface area contributed by atoms with Crippen LogP contribution < -0.4 is 11.3 Å². The summed E-state index contributed by atoms with van der Waals surface area (Å²) in [6, 6.07) is 0.108. The third-order valence-electron chi connectivity index (χ3n) is 4.14. The van der Waals surface area contributed by atoms with E-state index in [4.69, 9.17) is 15.3 Å². The molecule has 0 aromatic rings. The summed E-state index contributed by atoms with van der Waals surface area (Å²) < 4.78 is 12.1. The Morgan fingerprint density at radius 3 is 2.21 bits per heavy atom. The Morgan fingerprint density at radius 1 is 1.32 bits per heavy atom. The highest BCUT2D eigenvalue weighted by molar-refractivity contribution is 5.01. The summed E-state index contributed by atoms with van der Waals surface area (Å²) in [5.41, 5.74) is 2.71. The molecule has 1 heterocycles. The van der Waals surface area contributed by atoms with Gasteiger partial charge in [0.2, 0.25) is 0 Å². The van der Waals surface area contributed by atoms with Gasteiger partial charge in [0.25, 0.3) is 0 Å². The molecule has 0 aromatic heterocycles. The molecule has 1 saturated heterocycles. The molecule has 3 unspecified atom stereocenters. The molecular formula is C15H32N2O2. The van der Waals surface area contributed by atoms with Crippen LogP contribution in [0.15, 0.2) is 0 Å². The van der Waals surface area contributed by atoms with Gasteiger partial charge < -0.3 is 9.47 Å². The second-order valence-corrected chi connectivity index (χ2v) is 7.13. The zero-order valence-electron chi connectivity index (χ0n) is 13.6. The summed E-state index contributed by atoms with van der Waals surface area (Å²) in [6.07, 6.45) is 1.10. The molecule has 0 bridgehead atoms. The maximum atomic E-state index is 6.19. The molecule has 0 aliphatic carbocycles. The van der Waals surface area contributed by atoms with E-state index in [0.717, 1.165) is 6.42 Å². The van der Waals surface area contributed by atoms with Crippen LogP contribution in [0.5, 0.6) is 0 Å². The maximum absolute atomic E-state index is 6.19. The third kappa shape index (κ3) is 3.91. The van der Waals surface area contributed by atoms with Gasteiger partial charge >= 0.3 is 0 Å². The lowest BCUT2D eigenvalue weighted by molar-refractivity contribution is -0.0896. The SMILES string of the molecule is CCOC(C(C)C)C(NN)C1CC(C)(C)OC1(C)C. The Morgan fingerprint density at radius 2 is 1.89 bits per heavy atom. The predicted molar refractivity (Wildman–Crippen MR) is 78.7 cm³/mol. The summed E-state index contributed by atoms with van der Waals surface area (Å²) >= 11 is 0. The van der Waals surface area contributed by atoms with Crippen LogP contribution in [-0.2, 0) is 9.47 Å². The van der Waals surface area contributed by atoms with Crippen molar-refractivity contribution in [2.45, 2.75) is 78.2 Å². The predicted octanol–water partition coefficient (Wildman–Crippen LogP) is 2.47. The molecule has 0 aromatic carbocycles. The van der Waals surface area contributed by atoms with Crippen molar-refractivity contribution in [2.24, 2.45) is 17.7 Å². The molecular weight excluding hydrogens is 240 g/mol. The zero-order valence-corrected chi connectivity index (χ0v) is 13.6. The van der Waals surface area contributed by atoms with Crippen molar-refractivity contribution in [2.75, 3.05) is 6.61 Å². The van der Waals surface area contributed by atoms with Crippen molar-refractivity contribution >= 4 is 0 Å². The molecule has 114 valence electrons. The van der Waals surface area contributed by atoms with Crippen molar-refractivity contribution in [3.05, 3.63) is 0 Å². The van der Waals surface area contributed by atoms with Crippen molar-refractivity contribution in [1.82, 2.24) is 5.43 Å². The molecule has 3 N–H and O–H groups in total. The van der Waals surface area contributed by atoms with Crippen molar-refractivity contribution < 1.29 is 9.47 Å². The summed E-state index contributed by atoms with van der Waals surface area (Å²) in [5.74, 6) is 6.60. The maximum Gasteiger partial charge on any atom is 0.0767 e. The monoisotopic (exact) mass is 272 g/mol. The van der Waals surface area contributed by atoms with Crippen LogP contribution in [0.2, 0.25) is 0 Å². The second kappa shape index (κ2) is 6.08. The van der Waals surface area contributed by atoms with E-state index in [0.29, 0.717) is 18.4 Å². The van der Waals surface area contributed by atoms with E-state index in [2.05, 4.69) is 47.0 Å². The lowest BCUT2D eigenvalue weighted by Crippen LogP contribution is -2.55. The molecule has 1 rings (SSSR count). The van der Waals surface area contributed by atoms with Gasteiger partial charge in [-0.3, -0.25) is 11.3 Å². The smallest absolute Gasteiger partial charge is 0.0767 e. The quantitative estimate of drug-likeness (QED) is 0.576. The Kier molecular flexibility index (Phi) is 5.41. The fourth-order valence-electron chi connectivity index (χ4n) is 3.51. The van der Waals surface area contributed by atoms with E-state index in [1.54, 1.807) is 0 Å². The van der Waals surface area contributed by atoms with Gasteiger partial charge in [0, 0.05) is 12.5 Å².